The number of amides is 4. The number of hydrogen-bond acceptors (Lipinski definition) is 4. The molecule has 2 aromatic carbocycles. The number of hydrogen-bond donors (Lipinski definition) is 3. The van der Waals surface area contributed by atoms with Crippen LogP contribution in [0.4, 0.5) is 23.2 Å². The second kappa shape index (κ2) is 12.0. The summed E-state index contributed by atoms with van der Waals surface area (Å²) in [6.45, 7) is 8.43. The summed E-state index contributed by atoms with van der Waals surface area (Å²) in [5.74, 6) is -4.63. The minimum atomic E-state index is -5.22. The van der Waals surface area contributed by atoms with Gasteiger partial charge in [0.15, 0.2) is 0 Å². The van der Waals surface area contributed by atoms with E-state index in [1.165, 1.54) is 43.9 Å². The maximum atomic E-state index is 14.4. The summed E-state index contributed by atoms with van der Waals surface area (Å²) < 4.78 is 55.4. The third kappa shape index (κ3) is 6.92. The van der Waals surface area contributed by atoms with Crippen molar-refractivity contribution in [3.8, 4) is 0 Å². The van der Waals surface area contributed by atoms with Crippen molar-refractivity contribution in [1.29, 1.82) is 0 Å². The van der Waals surface area contributed by atoms with Crippen molar-refractivity contribution >= 4 is 36.0 Å². The molecule has 0 unspecified atom stereocenters. The number of carbonyl (C=O) groups excluding carboxylic acids is 4. The molecule has 0 aromatic heterocycles. The molecule has 1 saturated heterocycles. The van der Waals surface area contributed by atoms with E-state index in [9.17, 15) is 36.7 Å². The van der Waals surface area contributed by atoms with Crippen molar-refractivity contribution in [3.63, 3.8) is 0 Å². The molecule has 44 heavy (non-hydrogen) atoms. The van der Waals surface area contributed by atoms with E-state index < -0.39 is 58.8 Å². The molecule has 13 heteroatoms. The number of benzene rings is 2. The van der Waals surface area contributed by atoms with Crippen LogP contribution in [0.15, 0.2) is 48.5 Å². The zero-order valence-electron chi connectivity index (χ0n) is 24.9. The Hall–Kier alpha value is -4.29. The molecular weight excluding hydrogens is 582 g/mol. The van der Waals surface area contributed by atoms with Gasteiger partial charge in [-0.05, 0) is 34.7 Å². The maximum Gasteiger partial charge on any atom is 0.471 e. The van der Waals surface area contributed by atoms with E-state index in [0.29, 0.717) is 16.8 Å². The number of rotatable bonds is 7. The molecule has 0 radical (unpaired) electrons. The Balaban J connectivity index is 1.71. The van der Waals surface area contributed by atoms with Crippen LogP contribution in [0.3, 0.4) is 0 Å². The molecule has 4 amide bonds. The highest BCUT2D eigenvalue weighted by atomic mass is 19.4. The summed E-state index contributed by atoms with van der Waals surface area (Å²) in [5.41, 5.74) is -0.476. The number of fused-ring (bicyclic) bond motifs is 2. The van der Waals surface area contributed by atoms with E-state index in [0.717, 1.165) is 0 Å². The summed E-state index contributed by atoms with van der Waals surface area (Å²) in [6, 6.07) is 9.86. The lowest BCUT2D eigenvalue weighted by Crippen LogP contribution is -2.60. The fourth-order valence-corrected chi connectivity index (χ4v) is 5.95. The zero-order valence-corrected chi connectivity index (χ0v) is 24.9. The van der Waals surface area contributed by atoms with Crippen molar-refractivity contribution < 1.29 is 41.3 Å². The highest BCUT2D eigenvalue weighted by Gasteiger charge is 2.55. The van der Waals surface area contributed by atoms with Gasteiger partial charge in [-0.25, -0.2) is 8.97 Å². The topological polar surface area (TPSA) is 111 Å². The number of likely N-dealkylation sites (tertiary alicyclic amines) is 1. The van der Waals surface area contributed by atoms with E-state index in [1.54, 1.807) is 47.3 Å². The Kier molecular flexibility index (Phi) is 8.90. The molecule has 0 aliphatic carbocycles. The first-order valence-corrected chi connectivity index (χ1v) is 14.1. The number of halogens is 4. The second-order valence-electron chi connectivity index (χ2n) is 12.6. The van der Waals surface area contributed by atoms with Crippen LogP contribution in [0, 0.1) is 11.2 Å². The summed E-state index contributed by atoms with van der Waals surface area (Å²) in [7, 11) is 1.65. The fourth-order valence-electron chi connectivity index (χ4n) is 5.95. The first-order valence-electron chi connectivity index (χ1n) is 14.1. The largest absolute Gasteiger partial charge is 0.471 e. The minimum Gasteiger partial charge on any atom is -0.342 e. The van der Waals surface area contributed by atoms with Gasteiger partial charge in [-0.3, -0.25) is 24.1 Å². The van der Waals surface area contributed by atoms with Gasteiger partial charge in [0.25, 0.3) is 5.91 Å². The predicted octanol–water partition coefficient (Wildman–Crippen LogP) is 3.13. The first-order chi connectivity index (χ1) is 20.4. The van der Waals surface area contributed by atoms with Crippen LogP contribution in [0.5, 0.6) is 0 Å². The van der Waals surface area contributed by atoms with Gasteiger partial charge in [0, 0.05) is 36.9 Å². The van der Waals surface area contributed by atoms with Crippen LogP contribution in [-0.2, 0) is 31.0 Å². The van der Waals surface area contributed by atoms with Gasteiger partial charge < -0.3 is 16.0 Å². The third-order valence-corrected chi connectivity index (χ3v) is 8.08. The normalized spacial score (nSPS) is 21.2. The van der Waals surface area contributed by atoms with Gasteiger partial charge in [-0.2, -0.15) is 13.2 Å². The van der Waals surface area contributed by atoms with Crippen LogP contribution >= 0.6 is 0 Å². The number of nitrogens with one attached hydrogen (secondary N) is 3. The average Bonchev–Trinajstić information content (AvgIpc) is 3.30. The molecule has 1 spiro atoms. The third-order valence-electron chi connectivity index (χ3n) is 8.08. The molecule has 3 N–H and O–H groups in total. The van der Waals surface area contributed by atoms with Crippen LogP contribution in [-0.4, -0.2) is 77.8 Å². The number of anilines is 1. The Morgan fingerprint density at radius 1 is 1.11 bits per heavy atom. The molecule has 2 aliphatic rings. The Labute approximate surface area is 252 Å². The molecule has 236 valence electrons. The highest BCUT2D eigenvalue weighted by molar-refractivity contribution is 5.97. The summed E-state index contributed by atoms with van der Waals surface area (Å²) in [4.78, 5) is 54.0. The number of carbonyl (C=O) groups is 4. The van der Waals surface area contributed by atoms with Crippen LogP contribution in [0.25, 0.3) is 0 Å². The lowest BCUT2D eigenvalue weighted by molar-refractivity contribution is -0.549. The summed E-state index contributed by atoms with van der Waals surface area (Å²) in [6.07, 6.45) is -5.69. The van der Waals surface area contributed by atoms with Crippen molar-refractivity contribution in [2.45, 2.75) is 69.9 Å². The lowest BCUT2D eigenvalue weighted by Gasteiger charge is -2.35. The minimum absolute atomic E-state index is 0.00506. The molecular formula is C31H36F4N5O4+. The predicted molar refractivity (Wildman–Crippen MR) is 154 cm³/mol. The van der Waals surface area contributed by atoms with E-state index >= 15 is 0 Å². The van der Waals surface area contributed by atoms with E-state index in [4.69, 9.17) is 0 Å². The monoisotopic (exact) mass is 618 g/mol. The van der Waals surface area contributed by atoms with Gasteiger partial charge in [0.2, 0.25) is 18.0 Å². The molecule has 0 saturated carbocycles. The lowest BCUT2D eigenvalue weighted by atomic mass is 9.73. The Bertz CT molecular complexity index is 1470. The molecule has 1 fully saturated rings. The van der Waals surface area contributed by atoms with Crippen molar-refractivity contribution in [1.82, 2.24) is 15.5 Å². The fraction of sp³-hybridized carbons (Fsp3) is 0.452. The molecule has 4 rings (SSSR count). The number of alkyl halides is 3. The highest BCUT2D eigenvalue weighted by Crippen LogP contribution is 2.47. The zero-order chi connectivity index (χ0) is 32.6. The van der Waals surface area contributed by atoms with Gasteiger partial charge in [-0.1, -0.05) is 51.1 Å². The van der Waals surface area contributed by atoms with Gasteiger partial charge in [0.1, 0.15) is 31.7 Å². The Morgan fingerprint density at radius 3 is 2.36 bits per heavy atom. The first kappa shape index (κ1) is 32.6. The smallest absolute Gasteiger partial charge is 0.342 e. The van der Waals surface area contributed by atoms with Crippen molar-refractivity contribution in [2.75, 3.05) is 18.9 Å². The van der Waals surface area contributed by atoms with E-state index in [2.05, 4.69) is 17.4 Å². The van der Waals surface area contributed by atoms with Crippen LogP contribution in [0.2, 0.25) is 0 Å². The molecule has 4 atom stereocenters. The molecule has 9 nitrogen and oxygen atoms in total. The van der Waals surface area contributed by atoms with Gasteiger partial charge in [0.05, 0.1) is 0 Å². The van der Waals surface area contributed by atoms with Crippen molar-refractivity contribution in [3.05, 3.63) is 65.5 Å². The Morgan fingerprint density at radius 2 is 1.77 bits per heavy atom. The van der Waals surface area contributed by atoms with Gasteiger partial charge in [-0.15, -0.1) is 0 Å². The number of nitrogens with zero attached hydrogens (tertiary/aromatic N) is 2. The average molecular weight is 619 g/mol. The SMILES string of the molecule is C=[N+](C)[C@@H]1C[C@]2(CC(=O)Nc3ccc(F)cc32)CN1C(=O)[C@H](Cc1ccccc1)NC(=O)[C@@H](NC(=O)C(F)(F)F)C(C)(C)C. The molecule has 0 bridgehead atoms. The van der Waals surface area contributed by atoms with Crippen molar-refractivity contribution in [2.24, 2.45) is 5.41 Å². The van der Waals surface area contributed by atoms with Gasteiger partial charge >= 0.3 is 12.1 Å². The van der Waals surface area contributed by atoms with Crippen LogP contribution in [0.1, 0.15) is 44.7 Å². The molecule has 2 heterocycles. The quantitative estimate of drug-likeness (QED) is 0.252. The maximum absolute atomic E-state index is 14.4. The van der Waals surface area contributed by atoms with E-state index in [-0.39, 0.29) is 31.7 Å². The standard InChI is InChI=1S/C31H35F4N5O4/c1-29(2,3)25(38-28(44)31(33,34)35)26(42)37-22(13-18-9-7-6-8-10-18)27(43)40-17-30(16-24(40)39(4)5)15-23(41)36-21-12-11-19(32)14-20(21)30/h6-12,14,22,24-25H,4,13,15-17H2,1-3,5H3,(H2-,36,37,38,41,42,44)/p+1/t22-,24-,25+,30+/m0/s1. The molecule has 2 aliphatic heterocycles. The second-order valence-corrected chi connectivity index (χ2v) is 12.6. The summed E-state index contributed by atoms with van der Waals surface area (Å²) >= 11 is 0. The van der Waals surface area contributed by atoms with Crippen LogP contribution < -0.4 is 16.0 Å². The summed E-state index contributed by atoms with van der Waals surface area (Å²) in [5, 5.41) is 7.12. The van der Waals surface area contributed by atoms with E-state index in [1.807, 2.05) is 0 Å². The molecule has 2 aromatic rings.